The molecule has 9 heteroatoms. The summed E-state index contributed by atoms with van der Waals surface area (Å²) in [5, 5.41) is 8.36. The Morgan fingerprint density at radius 2 is 2.28 bits per heavy atom. The average Bonchev–Trinajstić information content (AvgIpc) is 2.28. The van der Waals surface area contributed by atoms with Gasteiger partial charge in [0.1, 0.15) is 0 Å². The lowest BCUT2D eigenvalue weighted by Crippen LogP contribution is -2.42. The van der Waals surface area contributed by atoms with E-state index in [1.54, 1.807) is 0 Å². The highest BCUT2D eigenvalue weighted by atomic mass is 32.2. The number of ether oxygens (including phenoxy) is 2. The van der Waals surface area contributed by atoms with Crippen LogP contribution in [0.1, 0.15) is 19.3 Å². The van der Waals surface area contributed by atoms with Crippen LogP contribution in [0.5, 0.6) is 0 Å². The van der Waals surface area contributed by atoms with E-state index in [9.17, 15) is 13.2 Å². The lowest BCUT2D eigenvalue weighted by Gasteiger charge is -2.24. The van der Waals surface area contributed by atoms with E-state index in [4.69, 9.17) is 14.6 Å². The number of nitrogens with zero attached hydrogens (tertiary/aromatic N) is 1. The number of carboxylic acid groups (broad SMARTS) is 1. The molecule has 18 heavy (non-hydrogen) atoms. The first kappa shape index (κ1) is 15.2. The van der Waals surface area contributed by atoms with Crippen molar-refractivity contribution in [1.82, 2.24) is 9.03 Å². The molecule has 0 aromatic heterocycles. The number of likely N-dealkylation sites (N-methyl/N-ethyl adjacent to an activating group) is 1. The zero-order valence-corrected chi connectivity index (χ0v) is 11.0. The molecule has 1 aliphatic rings. The van der Waals surface area contributed by atoms with Gasteiger partial charge in [-0.1, -0.05) is 0 Å². The first-order valence-electron chi connectivity index (χ1n) is 5.62. The van der Waals surface area contributed by atoms with Gasteiger partial charge >= 0.3 is 16.3 Å². The average molecular weight is 282 g/mol. The number of hydrogen-bond donors (Lipinski definition) is 2. The molecule has 0 spiro atoms. The zero-order valence-electron chi connectivity index (χ0n) is 10.2. The van der Waals surface area contributed by atoms with Gasteiger partial charge in [-0.25, -0.2) is 9.52 Å². The third kappa shape index (κ3) is 5.17. The number of carbonyl (C=O) groups is 1. The van der Waals surface area contributed by atoms with Crippen LogP contribution in [-0.4, -0.2) is 57.0 Å². The summed E-state index contributed by atoms with van der Waals surface area (Å²) in [7, 11) is -2.73. The van der Waals surface area contributed by atoms with Crippen molar-refractivity contribution < 1.29 is 27.8 Å². The van der Waals surface area contributed by atoms with Crippen molar-refractivity contribution in [3.8, 4) is 0 Å². The van der Waals surface area contributed by atoms with Crippen LogP contribution in [0.2, 0.25) is 0 Å². The molecule has 1 fully saturated rings. The Hall–Kier alpha value is -0.900. The van der Waals surface area contributed by atoms with Crippen LogP contribution in [0, 0.1) is 0 Å². The van der Waals surface area contributed by atoms with Gasteiger partial charge in [0.2, 0.25) is 0 Å². The lowest BCUT2D eigenvalue weighted by molar-refractivity contribution is -0.162. The maximum Gasteiger partial charge on any atom is 0.419 e. The fourth-order valence-electron chi connectivity index (χ4n) is 1.46. The van der Waals surface area contributed by atoms with E-state index in [2.05, 4.69) is 0 Å². The maximum absolute atomic E-state index is 11.4. The predicted molar refractivity (Wildman–Crippen MR) is 62.3 cm³/mol. The standard InChI is InChI=1S/C9H18N2O6S/c1-11(18(14,15)10-9(12)13)5-7-17-8-4-2-3-6-16-8/h8,10H,2-7H2,1H3,(H,12,13). The molecule has 8 nitrogen and oxygen atoms in total. The van der Waals surface area contributed by atoms with E-state index >= 15 is 0 Å². The van der Waals surface area contributed by atoms with Gasteiger partial charge in [-0.2, -0.15) is 12.7 Å². The van der Waals surface area contributed by atoms with Crippen molar-refractivity contribution in [2.75, 3.05) is 26.8 Å². The van der Waals surface area contributed by atoms with Crippen molar-refractivity contribution in [3.05, 3.63) is 0 Å². The van der Waals surface area contributed by atoms with Crippen molar-refractivity contribution in [3.63, 3.8) is 0 Å². The van der Waals surface area contributed by atoms with Crippen LogP contribution in [0.25, 0.3) is 0 Å². The summed E-state index contributed by atoms with van der Waals surface area (Å²) >= 11 is 0. The van der Waals surface area contributed by atoms with E-state index < -0.39 is 16.3 Å². The SMILES string of the molecule is CN(CCOC1CCCCO1)S(=O)(=O)NC(=O)O. The minimum Gasteiger partial charge on any atom is -0.464 e. The van der Waals surface area contributed by atoms with Gasteiger partial charge < -0.3 is 14.6 Å². The minimum atomic E-state index is -4.00. The highest BCUT2D eigenvalue weighted by Gasteiger charge is 2.20. The van der Waals surface area contributed by atoms with Crippen LogP contribution in [-0.2, 0) is 19.7 Å². The van der Waals surface area contributed by atoms with Gasteiger partial charge in [0.15, 0.2) is 6.29 Å². The maximum atomic E-state index is 11.4. The summed E-state index contributed by atoms with van der Waals surface area (Å²) in [6.07, 6.45) is 0.931. The molecule has 1 unspecified atom stereocenters. The van der Waals surface area contributed by atoms with E-state index in [1.165, 1.54) is 11.8 Å². The second-order valence-electron chi connectivity index (χ2n) is 3.90. The molecule has 2 N–H and O–H groups in total. The fraction of sp³-hybridized carbons (Fsp3) is 0.889. The third-order valence-corrected chi connectivity index (χ3v) is 3.91. The van der Waals surface area contributed by atoms with Gasteiger partial charge in [0.25, 0.3) is 0 Å². The lowest BCUT2D eigenvalue weighted by atomic mass is 10.2. The molecule has 0 saturated carbocycles. The number of hydrogen-bond acceptors (Lipinski definition) is 5. The Kier molecular flexibility index (Phi) is 5.79. The molecule has 0 radical (unpaired) electrons. The summed E-state index contributed by atoms with van der Waals surface area (Å²) in [4.78, 5) is 10.3. The van der Waals surface area contributed by atoms with E-state index in [1.807, 2.05) is 0 Å². The molecule has 1 atom stereocenters. The molecule has 106 valence electrons. The van der Waals surface area contributed by atoms with Crippen molar-refractivity contribution in [2.24, 2.45) is 0 Å². The summed E-state index contributed by atoms with van der Waals surface area (Å²) in [5.74, 6) is 0. The molecule has 1 aliphatic heterocycles. The summed E-state index contributed by atoms with van der Waals surface area (Å²) in [6, 6.07) is 0. The molecule has 0 bridgehead atoms. The molecule has 1 heterocycles. The zero-order chi connectivity index (χ0) is 13.6. The van der Waals surface area contributed by atoms with Crippen molar-refractivity contribution in [1.29, 1.82) is 0 Å². The minimum absolute atomic E-state index is 0.0580. The first-order valence-corrected chi connectivity index (χ1v) is 7.06. The molecule has 1 amide bonds. The number of nitrogens with one attached hydrogen (secondary N) is 1. The summed E-state index contributed by atoms with van der Waals surface area (Å²) in [6.45, 7) is 0.865. The Bertz CT molecular complexity index is 365. The van der Waals surface area contributed by atoms with E-state index in [0.717, 1.165) is 23.6 Å². The molecule has 1 saturated heterocycles. The van der Waals surface area contributed by atoms with Crippen molar-refractivity contribution in [2.45, 2.75) is 25.6 Å². The highest BCUT2D eigenvalue weighted by molar-refractivity contribution is 7.87. The van der Waals surface area contributed by atoms with E-state index in [0.29, 0.717) is 6.61 Å². The van der Waals surface area contributed by atoms with Gasteiger partial charge in [0, 0.05) is 20.2 Å². The van der Waals surface area contributed by atoms with Gasteiger partial charge in [-0.15, -0.1) is 0 Å². The topological polar surface area (TPSA) is 105 Å². The third-order valence-electron chi connectivity index (χ3n) is 2.47. The summed E-state index contributed by atoms with van der Waals surface area (Å²) < 4.78 is 35.7. The highest BCUT2D eigenvalue weighted by Crippen LogP contribution is 2.13. The number of rotatable bonds is 6. The molecule has 1 rings (SSSR count). The van der Waals surface area contributed by atoms with Gasteiger partial charge in [-0.3, -0.25) is 0 Å². The Labute approximate surface area is 106 Å². The molecule has 0 aromatic rings. The van der Waals surface area contributed by atoms with Gasteiger partial charge in [-0.05, 0) is 19.3 Å². The van der Waals surface area contributed by atoms with Crippen molar-refractivity contribution >= 4 is 16.3 Å². The van der Waals surface area contributed by atoms with Crippen LogP contribution in [0.15, 0.2) is 0 Å². The van der Waals surface area contributed by atoms with Gasteiger partial charge in [0.05, 0.1) is 6.61 Å². The van der Waals surface area contributed by atoms with Crippen LogP contribution in [0.4, 0.5) is 4.79 Å². The molecular formula is C9H18N2O6S. The quantitative estimate of drug-likeness (QED) is 0.709. The smallest absolute Gasteiger partial charge is 0.419 e. The second kappa shape index (κ2) is 6.88. The fourth-order valence-corrected chi connectivity index (χ4v) is 2.16. The number of amides is 1. The molecule has 0 aromatic carbocycles. The Balaban J connectivity index is 2.27. The monoisotopic (exact) mass is 282 g/mol. The van der Waals surface area contributed by atoms with Crippen LogP contribution < -0.4 is 4.72 Å². The largest absolute Gasteiger partial charge is 0.464 e. The predicted octanol–water partition coefficient (Wildman–Crippen LogP) is -0.0262. The normalized spacial score (nSPS) is 20.9. The summed E-state index contributed by atoms with van der Waals surface area (Å²) in [5.41, 5.74) is 0. The van der Waals surface area contributed by atoms with Crippen LogP contribution >= 0.6 is 0 Å². The Morgan fingerprint density at radius 3 is 2.83 bits per heavy atom. The first-order chi connectivity index (χ1) is 8.42. The van der Waals surface area contributed by atoms with Crippen LogP contribution in [0.3, 0.4) is 0 Å². The Morgan fingerprint density at radius 1 is 1.56 bits per heavy atom. The molecule has 0 aliphatic carbocycles. The second-order valence-corrected chi connectivity index (χ2v) is 5.68. The molecular weight excluding hydrogens is 264 g/mol. The van der Waals surface area contributed by atoms with E-state index in [-0.39, 0.29) is 19.4 Å².